The largest absolute Gasteiger partial charge is 0.481 e. The lowest BCUT2D eigenvalue weighted by Crippen LogP contribution is -2.45. The minimum Gasteiger partial charge on any atom is -0.481 e. The molecular weight excluding hydrogens is 246 g/mol. The average molecular weight is 271 g/mol. The van der Waals surface area contributed by atoms with E-state index in [2.05, 4.69) is 22.5 Å². The molecule has 0 aromatic carbocycles. The van der Waals surface area contributed by atoms with E-state index in [0.29, 0.717) is 19.4 Å². The molecule has 3 N–H and O–H groups in total. The van der Waals surface area contributed by atoms with Crippen LogP contribution in [-0.4, -0.2) is 54.7 Å². The molecule has 0 radical (unpaired) electrons. The predicted octanol–water partition coefficient (Wildman–Crippen LogP) is 0.881. The van der Waals surface area contributed by atoms with Crippen molar-refractivity contribution in [1.29, 1.82) is 0 Å². The van der Waals surface area contributed by atoms with Gasteiger partial charge in [0.1, 0.15) is 0 Å². The lowest BCUT2D eigenvalue weighted by molar-refractivity contribution is -0.142. The number of hydrogen-bond acceptors (Lipinski definition) is 3. The maximum absolute atomic E-state index is 11.6. The first kappa shape index (κ1) is 15.8. The van der Waals surface area contributed by atoms with E-state index in [1.165, 1.54) is 0 Å². The number of aliphatic carboxylic acids is 1. The summed E-state index contributed by atoms with van der Waals surface area (Å²) in [7, 11) is 2.01. The summed E-state index contributed by atoms with van der Waals surface area (Å²) in [6.07, 6.45) is 2.80. The number of carboxylic acids is 1. The number of urea groups is 1. The standard InChI is InChI=1S/C13H25N3O3/c1-3-16(2)9-8-14-13(19)15-11-6-4-10(5-7-11)12(17)18/h10-11H,3-9H2,1-2H3,(H,17,18)(H2,14,15,19). The fourth-order valence-electron chi connectivity index (χ4n) is 2.24. The molecule has 2 amide bonds. The van der Waals surface area contributed by atoms with Crippen molar-refractivity contribution in [2.45, 2.75) is 38.6 Å². The molecule has 0 unspecified atom stereocenters. The first-order valence-corrected chi connectivity index (χ1v) is 6.98. The second kappa shape index (κ2) is 7.99. The molecule has 6 heteroatoms. The van der Waals surface area contributed by atoms with Crippen LogP contribution in [-0.2, 0) is 4.79 Å². The summed E-state index contributed by atoms with van der Waals surface area (Å²) in [4.78, 5) is 24.6. The van der Waals surface area contributed by atoms with Gasteiger partial charge in [-0.05, 0) is 39.3 Å². The van der Waals surface area contributed by atoms with Gasteiger partial charge in [0.15, 0.2) is 0 Å². The minimum atomic E-state index is -0.717. The van der Waals surface area contributed by atoms with Crippen LogP contribution < -0.4 is 10.6 Å². The molecular formula is C13H25N3O3. The number of carboxylic acid groups (broad SMARTS) is 1. The van der Waals surface area contributed by atoms with Gasteiger partial charge in [-0.25, -0.2) is 4.79 Å². The Bertz CT molecular complexity index is 302. The van der Waals surface area contributed by atoms with Crippen LogP contribution >= 0.6 is 0 Å². The zero-order chi connectivity index (χ0) is 14.3. The average Bonchev–Trinajstić information content (AvgIpc) is 2.39. The molecule has 0 spiro atoms. The number of likely N-dealkylation sites (N-methyl/N-ethyl adjacent to an activating group) is 1. The highest BCUT2D eigenvalue weighted by Crippen LogP contribution is 2.24. The Hall–Kier alpha value is -1.30. The quantitative estimate of drug-likeness (QED) is 0.670. The normalized spacial score (nSPS) is 23.1. The fourth-order valence-corrected chi connectivity index (χ4v) is 2.24. The van der Waals surface area contributed by atoms with Crippen LogP contribution in [0.25, 0.3) is 0 Å². The summed E-state index contributed by atoms with van der Waals surface area (Å²) in [5.74, 6) is -0.954. The second-order valence-corrected chi connectivity index (χ2v) is 5.18. The molecule has 1 rings (SSSR count). The first-order valence-electron chi connectivity index (χ1n) is 6.98. The van der Waals surface area contributed by atoms with Gasteiger partial charge >= 0.3 is 12.0 Å². The highest BCUT2D eigenvalue weighted by atomic mass is 16.4. The Morgan fingerprint density at radius 2 is 1.89 bits per heavy atom. The van der Waals surface area contributed by atoms with Gasteiger partial charge in [0, 0.05) is 19.1 Å². The Kier molecular flexibility index (Phi) is 6.62. The lowest BCUT2D eigenvalue weighted by Gasteiger charge is -2.27. The van der Waals surface area contributed by atoms with Crippen molar-refractivity contribution in [3.05, 3.63) is 0 Å². The number of nitrogens with zero attached hydrogens (tertiary/aromatic N) is 1. The zero-order valence-electron chi connectivity index (χ0n) is 11.8. The third-order valence-electron chi connectivity index (χ3n) is 3.73. The van der Waals surface area contributed by atoms with E-state index in [1.54, 1.807) is 0 Å². The minimum absolute atomic E-state index is 0.111. The van der Waals surface area contributed by atoms with Crippen LogP contribution in [0.4, 0.5) is 4.79 Å². The molecule has 0 aromatic heterocycles. The van der Waals surface area contributed by atoms with Gasteiger partial charge in [-0.1, -0.05) is 6.92 Å². The highest BCUT2D eigenvalue weighted by Gasteiger charge is 2.26. The number of carbonyl (C=O) groups is 2. The third-order valence-corrected chi connectivity index (χ3v) is 3.73. The van der Waals surface area contributed by atoms with E-state index < -0.39 is 5.97 Å². The number of rotatable bonds is 6. The molecule has 0 aliphatic heterocycles. The van der Waals surface area contributed by atoms with Crippen molar-refractivity contribution < 1.29 is 14.7 Å². The number of carbonyl (C=O) groups excluding carboxylic acids is 1. The molecule has 1 aliphatic carbocycles. The molecule has 0 heterocycles. The molecule has 110 valence electrons. The van der Waals surface area contributed by atoms with Crippen molar-refractivity contribution in [3.63, 3.8) is 0 Å². The summed E-state index contributed by atoms with van der Waals surface area (Å²) in [5.41, 5.74) is 0. The van der Waals surface area contributed by atoms with Gasteiger partial charge in [0.25, 0.3) is 0 Å². The Balaban J connectivity index is 2.15. The molecule has 19 heavy (non-hydrogen) atoms. The van der Waals surface area contributed by atoms with E-state index >= 15 is 0 Å². The van der Waals surface area contributed by atoms with E-state index in [-0.39, 0.29) is 18.0 Å². The highest BCUT2D eigenvalue weighted by molar-refractivity contribution is 5.74. The Morgan fingerprint density at radius 3 is 2.42 bits per heavy atom. The van der Waals surface area contributed by atoms with Crippen LogP contribution in [0.15, 0.2) is 0 Å². The topological polar surface area (TPSA) is 81.7 Å². The molecule has 6 nitrogen and oxygen atoms in total. The smallest absolute Gasteiger partial charge is 0.315 e. The molecule has 1 fully saturated rings. The molecule has 1 saturated carbocycles. The van der Waals surface area contributed by atoms with Crippen LogP contribution in [0.2, 0.25) is 0 Å². The third kappa shape index (κ3) is 5.92. The van der Waals surface area contributed by atoms with Gasteiger partial charge in [0.05, 0.1) is 5.92 Å². The summed E-state index contributed by atoms with van der Waals surface area (Å²) in [5, 5.41) is 14.6. The van der Waals surface area contributed by atoms with E-state index in [0.717, 1.165) is 25.9 Å². The van der Waals surface area contributed by atoms with E-state index in [9.17, 15) is 9.59 Å². The fraction of sp³-hybridized carbons (Fsp3) is 0.846. The van der Waals surface area contributed by atoms with Crippen LogP contribution in [0, 0.1) is 5.92 Å². The molecule has 0 atom stereocenters. The van der Waals surface area contributed by atoms with Crippen molar-refractivity contribution in [2.24, 2.45) is 5.92 Å². The summed E-state index contributed by atoms with van der Waals surface area (Å²) >= 11 is 0. The van der Waals surface area contributed by atoms with Gasteiger partial charge in [-0.3, -0.25) is 4.79 Å². The van der Waals surface area contributed by atoms with E-state index in [1.807, 2.05) is 7.05 Å². The maximum Gasteiger partial charge on any atom is 0.315 e. The van der Waals surface area contributed by atoms with Gasteiger partial charge in [-0.15, -0.1) is 0 Å². The monoisotopic (exact) mass is 271 g/mol. The summed E-state index contributed by atoms with van der Waals surface area (Å²) in [6.45, 7) is 4.49. The maximum atomic E-state index is 11.6. The summed E-state index contributed by atoms with van der Waals surface area (Å²) in [6, 6.07) is -0.0391. The number of amides is 2. The Labute approximate surface area is 114 Å². The van der Waals surface area contributed by atoms with Crippen LogP contribution in [0.3, 0.4) is 0 Å². The van der Waals surface area contributed by atoms with Crippen molar-refractivity contribution in [3.8, 4) is 0 Å². The first-order chi connectivity index (χ1) is 9.02. The molecule has 0 bridgehead atoms. The van der Waals surface area contributed by atoms with Crippen molar-refractivity contribution in [1.82, 2.24) is 15.5 Å². The van der Waals surface area contributed by atoms with Gasteiger partial charge in [0.2, 0.25) is 0 Å². The number of hydrogen-bond donors (Lipinski definition) is 3. The van der Waals surface area contributed by atoms with Crippen LogP contribution in [0.5, 0.6) is 0 Å². The van der Waals surface area contributed by atoms with Gasteiger partial charge in [-0.2, -0.15) is 0 Å². The van der Waals surface area contributed by atoms with Gasteiger partial charge < -0.3 is 20.6 Å². The summed E-state index contributed by atoms with van der Waals surface area (Å²) < 4.78 is 0. The zero-order valence-corrected chi connectivity index (χ0v) is 11.8. The second-order valence-electron chi connectivity index (χ2n) is 5.18. The lowest BCUT2D eigenvalue weighted by atomic mass is 9.86. The molecule has 0 saturated heterocycles. The van der Waals surface area contributed by atoms with Crippen molar-refractivity contribution in [2.75, 3.05) is 26.7 Å². The predicted molar refractivity (Wildman–Crippen MR) is 73.1 cm³/mol. The molecule has 0 aromatic rings. The Morgan fingerprint density at radius 1 is 1.26 bits per heavy atom. The van der Waals surface area contributed by atoms with Crippen LogP contribution in [0.1, 0.15) is 32.6 Å². The van der Waals surface area contributed by atoms with Crippen molar-refractivity contribution >= 4 is 12.0 Å². The number of nitrogens with one attached hydrogen (secondary N) is 2. The molecule has 1 aliphatic rings. The SMILES string of the molecule is CCN(C)CCNC(=O)NC1CCC(C(=O)O)CC1. The van der Waals surface area contributed by atoms with E-state index in [4.69, 9.17) is 5.11 Å².